The van der Waals surface area contributed by atoms with Gasteiger partial charge in [-0.15, -0.1) is 0 Å². The predicted molar refractivity (Wildman–Crippen MR) is 159 cm³/mol. The van der Waals surface area contributed by atoms with Crippen molar-refractivity contribution in [2.24, 2.45) is 0 Å². The van der Waals surface area contributed by atoms with E-state index < -0.39 is 0 Å². The SMILES string of the molecule is COCCCN(CC(=O)N(CCc1c[nH]c2ccccc12)Cc1ccc(OC)cc1)C(=O)/C=C/c1ccccc1. The Morgan fingerprint density at radius 1 is 0.875 bits per heavy atom. The molecule has 7 nitrogen and oxygen atoms in total. The van der Waals surface area contributed by atoms with Crippen LogP contribution in [0.2, 0.25) is 0 Å². The number of rotatable bonds is 14. The Hall–Kier alpha value is -4.36. The molecule has 1 aromatic heterocycles. The summed E-state index contributed by atoms with van der Waals surface area (Å²) < 4.78 is 10.5. The molecule has 0 unspecified atom stereocenters. The van der Waals surface area contributed by atoms with Gasteiger partial charge in [0.15, 0.2) is 0 Å². The summed E-state index contributed by atoms with van der Waals surface area (Å²) in [6.45, 7) is 1.89. The Morgan fingerprint density at radius 3 is 2.38 bits per heavy atom. The number of carbonyl (C=O) groups excluding carboxylic acids is 2. The van der Waals surface area contributed by atoms with Gasteiger partial charge in [-0.2, -0.15) is 0 Å². The topological polar surface area (TPSA) is 74.9 Å². The zero-order chi connectivity index (χ0) is 28.2. The van der Waals surface area contributed by atoms with E-state index in [2.05, 4.69) is 11.1 Å². The van der Waals surface area contributed by atoms with E-state index >= 15 is 0 Å². The Labute approximate surface area is 236 Å². The highest BCUT2D eigenvalue weighted by atomic mass is 16.5. The third-order valence-electron chi connectivity index (χ3n) is 6.84. The summed E-state index contributed by atoms with van der Waals surface area (Å²) in [4.78, 5) is 33.7. The largest absolute Gasteiger partial charge is 0.497 e. The third-order valence-corrected chi connectivity index (χ3v) is 6.84. The second-order valence-corrected chi connectivity index (χ2v) is 9.62. The van der Waals surface area contributed by atoms with E-state index in [4.69, 9.17) is 9.47 Å². The van der Waals surface area contributed by atoms with Crippen molar-refractivity contribution in [2.75, 3.05) is 40.5 Å². The number of methoxy groups -OCH3 is 2. The third kappa shape index (κ3) is 8.07. The molecular weight excluding hydrogens is 502 g/mol. The second-order valence-electron chi connectivity index (χ2n) is 9.62. The standard InChI is InChI=1S/C33H37N3O4/c1-39-22-8-20-35(32(37)18-15-26-9-4-3-5-10-26)25-33(38)36(24-27-13-16-29(40-2)17-14-27)21-19-28-23-34-31-12-7-6-11-30(28)31/h3-7,9-18,23,34H,8,19-22,24-25H2,1-2H3/b18-15+. The molecular formula is C33H37N3O4. The van der Waals surface area contributed by atoms with E-state index in [1.54, 1.807) is 25.2 Å². The van der Waals surface area contributed by atoms with Gasteiger partial charge in [-0.3, -0.25) is 9.59 Å². The van der Waals surface area contributed by atoms with Crippen LogP contribution in [0.25, 0.3) is 17.0 Å². The van der Waals surface area contributed by atoms with Gasteiger partial charge in [0.05, 0.1) is 7.11 Å². The molecule has 4 rings (SSSR count). The fourth-order valence-electron chi connectivity index (χ4n) is 4.60. The minimum atomic E-state index is -0.200. The van der Waals surface area contributed by atoms with Crippen molar-refractivity contribution in [1.82, 2.24) is 14.8 Å². The van der Waals surface area contributed by atoms with Crippen LogP contribution in [0.3, 0.4) is 0 Å². The van der Waals surface area contributed by atoms with Crippen molar-refractivity contribution in [3.8, 4) is 5.75 Å². The summed E-state index contributed by atoms with van der Waals surface area (Å²) in [5.74, 6) is 0.462. The molecule has 2 amide bonds. The molecule has 0 saturated carbocycles. The summed E-state index contributed by atoms with van der Waals surface area (Å²) in [5.41, 5.74) is 4.15. The number of ether oxygens (including phenoxy) is 2. The molecule has 0 bridgehead atoms. The smallest absolute Gasteiger partial charge is 0.247 e. The van der Waals surface area contributed by atoms with Crippen molar-refractivity contribution < 1.29 is 19.1 Å². The fourth-order valence-corrected chi connectivity index (χ4v) is 4.60. The molecule has 0 radical (unpaired) electrons. The minimum absolute atomic E-state index is 0.00822. The number of hydrogen-bond acceptors (Lipinski definition) is 4. The lowest BCUT2D eigenvalue weighted by Gasteiger charge is -2.27. The molecule has 0 aliphatic heterocycles. The lowest BCUT2D eigenvalue weighted by Crippen LogP contribution is -2.43. The highest BCUT2D eigenvalue weighted by Gasteiger charge is 2.21. The van der Waals surface area contributed by atoms with E-state index in [9.17, 15) is 9.59 Å². The van der Waals surface area contributed by atoms with Gasteiger partial charge < -0.3 is 24.3 Å². The van der Waals surface area contributed by atoms with Gasteiger partial charge in [-0.1, -0.05) is 60.7 Å². The molecule has 0 fully saturated rings. The number of hydrogen-bond donors (Lipinski definition) is 1. The fraction of sp³-hybridized carbons (Fsp3) is 0.273. The van der Waals surface area contributed by atoms with E-state index in [1.807, 2.05) is 83.9 Å². The zero-order valence-corrected chi connectivity index (χ0v) is 23.2. The monoisotopic (exact) mass is 539 g/mol. The Balaban J connectivity index is 1.51. The predicted octanol–water partition coefficient (Wildman–Crippen LogP) is 5.33. The first-order valence-electron chi connectivity index (χ1n) is 13.5. The summed E-state index contributed by atoms with van der Waals surface area (Å²) in [6.07, 6.45) is 6.66. The average molecular weight is 540 g/mol. The normalized spacial score (nSPS) is 11.2. The molecule has 0 atom stereocenters. The number of H-pyrrole nitrogens is 1. The molecule has 208 valence electrons. The number of carbonyl (C=O) groups is 2. The minimum Gasteiger partial charge on any atom is -0.497 e. The van der Waals surface area contributed by atoms with Crippen LogP contribution in [-0.2, 0) is 27.3 Å². The Kier molecular flexibility index (Phi) is 10.5. The number of nitrogens with one attached hydrogen (secondary N) is 1. The number of aromatic nitrogens is 1. The highest BCUT2D eigenvalue weighted by molar-refractivity contribution is 5.94. The van der Waals surface area contributed by atoms with Crippen molar-refractivity contribution in [3.05, 3.63) is 108 Å². The first kappa shape index (κ1) is 28.6. The molecule has 0 aliphatic carbocycles. The van der Waals surface area contributed by atoms with Crippen molar-refractivity contribution in [3.63, 3.8) is 0 Å². The average Bonchev–Trinajstić information content (AvgIpc) is 3.41. The lowest BCUT2D eigenvalue weighted by atomic mass is 10.1. The van der Waals surface area contributed by atoms with Gasteiger partial charge >= 0.3 is 0 Å². The van der Waals surface area contributed by atoms with Crippen LogP contribution in [0, 0.1) is 0 Å². The molecule has 4 aromatic rings. The number of aromatic amines is 1. The highest BCUT2D eigenvalue weighted by Crippen LogP contribution is 2.19. The van der Waals surface area contributed by atoms with Crippen molar-refractivity contribution in [2.45, 2.75) is 19.4 Å². The molecule has 1 N–H and O–H groups in total. The van der Waals surface area contributed by atoms with Crippen LogP contribution in [0.5, 0.6) is 5.75 Å². The first-order chi connectivity index (χ1) is 19.6. The van der Waals surface area contributed by atoms with Crippen LogP contribution in [-0.4, -0.2) is 67.1 Å². The second kappa shape index (κ2) is 14.7. The summed E-state index contributed by atoms with van der Waals surface area (Å²) in [5, 5.41) is 1.15. The van der Waals surface area contributed by atoms with Crippen LogP contribution >= 0.6 is 0 Å². The number of fused-ring (bicyclic) bond motifs is 1. The van der Waals surface area contributed by atoms with E-state index in [1.165, 1.54) is 6.08 Å². The summed E-state index contributed by atoms with van der Waals surface area (Å²) >= 11 is 0. The van der Waals surface area contributed by atoms with E-state index in [0.717, 1.165) is 33.3 Å². The maximum Gasteiger partial charge on any atom is 0.247 e. The number of benzene rings is 3. The van der Waals surface area contributed by atoms with Gasteiger partial charge in [-0.05, 0) is 53.8 Å². The quantitative estimate of drug-likeness (QED) is 0.174. The van der Waals surface area contributed by atoms with Gasteiger partial charge in [-0.25, -0.2) is 0 Å². The Bertz CT molecular complexity index is 1400. The summed E-state index contributed by atoms with van der Waals surface area (Å²) in [6, 6.07) is 25.5. The van der Waals surface area contributed by atoms with Gasteiger partial charge in [0.25, 0.3) is 0 Å². The zero-order valence-electron chi connectivity index (χ0n) is 23.2. The van der Waals surface area contributed by atoms with Crippen LogP contribution < -0.4 is 4.74 Å². The van der Waals surface area contributed by atoms with Crippen LogP contribution in [0.4, 0.5) is 0 Å². The molecule has 40 heavy (non-hydrogen) atoms. The summed E-state index contributed by atoms with van der Waals surface area (Å²) in [7, 11) is 3.27. The number of para-hydroxylation sites is 1. The first-order valence-corrected chi connectivity index (χ1v) is 13.5. The molecule has 3 aromatic carbocycles. The van der Waals surface area contributed by atoms with Crippen LogP contribution in [0.15, 0.2) is 91.1 Å². The molecule has 0 saturated heterocycles. The van der Waals surface area contributed by atoms with Crippen LogP contribution in [0.1, 0.15) is 23.1 Å². The van der Waals surface area contributed by atoms with Gasteiger partial charge in [0.2, 0.25) is 11.8 Å². The number of amides is 2. The number of nitrogens with zero attached hydrogens (tertiary/aromatic N) is 2. The maximum absolute atomic E-state index is 13.8. The van der Waals surface area contributed by atoms with Gasteiger partial charge in [0, 0.05) is 56.5 Å². The lowest BCUT2D eigenvalue weighted by molar-refractivity contribution is -0.138. The maximum atomic E-state index is 13.8. The van der Waals surface area contributed by atoms with E-state index in [0.29, 0.717) is 39.1 Å². The molecule has 0 spiro atoms. The van der Waals surface area contributed by atoms with Gasteiger partial charge in [0.1, 0.15) is 12.3 Å². The van der Waals surface area contributed by atoms with Crippen molar-refractivity contribution >= 4 is 28.8 Å². The van der Waals surface area contributed by atoms with E-state index in [-0.39, 0.29) is 18.4 Å². The molecule has 0 aliphatic rings. The molecule has 7 heteroatoms. The Morgan fingerprint density at radius 2 is 1.62 bits per heavy atom. The van der Waals surface area contributed by atoms with Crippen molar-refractivity contribution in [1.29, 1.82) is 0 Å². The molecule has 1 heterocycles.